The highest BCUT2D eigenvalue weighted by Crippen LogP contribution is 2.43. The van der Waals surface area contributed by atoms with Gasteiger partial charge in [-0.3, -0.25) is 10.4 Å². The number of rotatable bonds is 6. The second-order valence-corrected chi connectivity index (χ2v) is 7.12. The Hall–Kier alpha value is -3.35. The van der Waals surface area contributed by atoms with Gasteiger partial charge in [-0.05, 0) is 43.2 Å². The summed E-state index contributed by atoms with van der Waals surface area (Å²) in [7, 11) is 0. The third-order valence-electron chi connectivity index (χ3n) is 5.31. The Kier molecular flexibility index (Phi) is 4.73. The molecule has 142 valence electrons. The van der Waals surface area contributed by atoms with Crippen LogP contribution in [0, 0.1) is 11.2 Å². The largest absolute Gasteiger partial charge is 0.384 e. The van der Waals surface area contributed by atoms with Crippen molar-refractivity contribution < 1.29 is 4.39 Å². The maximum atomic E-state index is 14.2. The van der Waals surface area contributed by atoms with E-state index < -0.39 is 0 Å². The molecule has 0 amide bonds. The van der Waals surface area contributed by atoms with Crippen LogP contribution in [0.25, 0.3) is 11.3 Å². The second-order valence-electron chi connectivity index (χ2n) is 7.12. The number of pyridine rings is 1. The molecule has 1 aromatic carbocycles. The zero-order valence-electron chi connectivity index (χ0n) is 15.3. The van der Waals surface area contributed by atoms with Crippen molar-refractivity contribution in [2.45, 2.75) is 24.7 Å². The van der Waals surface area contributed by atoms with Gasteiger partial charge < -0.3 is 11.1 Å². The van der Waals surface area contributed by atoms with Crippen LogP contribution in [0.2, 0.25) is 0 Å². The van der Waals surface area contributed by atoms with Crippen LogP contribution >= 0.6 is 0 Å². The zero-order valence-corrected chi connectivity index (χ0v) is 15.3. The highest BCUT2D eigenvalue weighted by atomic mass is 19.1. The van der Waals surface area contributed by atoms with Crippen LogP contribution < -0.4 is 11.1 Å². The zero-order chi connectivity index (χ0) is 19.6. The third-order valence-corrected chi connectivity index (χ3v) is 5.31. The first-order valence-corrected chi connectivity index (χ1v) is 9.21. The average Bonchev–Trinajstić information content (AvgIpc) is 2.69. The Bertz CT molecular complexity index is 998. The SMILES string of the molecule is N=C(N)c1cccc(-c2ccc(NCC3(c4ncccc4F)CCC3)nn2)c1. The van der Waals surface area contributed by atoms with Crippen LogP contribution in [0.5, 0.6) is 0 Å². The van der Waals surface area contributed by atoms with Crippen molar-refractivity contribution in [3.8, 4) is 11.3 Å². The molecule has 1 aliphatic carbocycles. The maximum Gasteiger partial charge on any atom is 0.148 e. The van der Waals surface area contributed by atoms with E-state index in [2.05, 4.69) is 20.5 Å². The van der Waals surface area contributed by atoms with E-state index in [1.54, 1.807) is 18.3 Å². The van der Waals surface area contributed by atoms with E-state index in [1.807, 2.05) is 30.3 Å². The Morgan fingerprint density at radius 3 is 2.64 bits per heavy atom. The lowest BCUT2D eigenvalue weighted by atomic mass is 9.66. The topological polar surface area (TPSA) is 101 Å². The molecule has 4 rings (SSSR count). The highest BCUT2D eigenvalue weighted by molar-refractivity contribution is 5.96. The molecule has 1 fully saturated rings. The van der Waals surface area contributed by atoms with Gasteiger partial charge in [0.1, 0.15) is 17.5 Å². The fraction of sp³-hybridized carbons (Fsp3) is 0.238. The summed E-state index contributed by atoms with van der Waals surface area (Å²) in [6.07, 6.45) is 4.51. The summed E-state index contributed by atoms with van der Waals surface area (Å²) in [5.74, 6) is 0.394. The molecule has 6 nitrogen and oxygen atoms in total. The molecule has 0 aliphatic heterocycles. The Morgan fingerprint density at radius 2 is 2.00 bits per heavy atom. The lowest BCUT2D eigenvalue weighted by Crippen LogP contribution is -2.42. The van der Waals surface area contributed by atoms with Gasteiger partial charge >= 0.3 is 0 Å². The minimum Gasteiger partial charge on any atom is -0.384 e. The first kappa shape index (κ1) is 18.0. The molecule has 0 unspecified atom stereocenters. The van der Waals surface area contributed by atoms with Crippen LogP contribution in [0.1, 0.15) is 30.5 Å². The summed E-state index contributed by atoms with van der Waals surface area (Å²) >= 11 is 0. The van der Waals surface area contributed by atoms with Crippen LogP contribution in [0.3, 0.4) is 0 Å². The van der Waals surface area contributed by atoms with E-state index in [0.29, 0.717) is 29.3 Å². The quantitative estimate of drug-likeness (QED) is 0.452. The summed E-state index contributed by atoms with van der Waals surface area (Å²) in [4.78, 5) is 4.28. The Balaban J connectivity index is 1.49. The van der Waals surface area contributed by atoms with Gasteiger partial charge in [0.15, 0.2) is 0 Å². The smallest absolute Gasteiger partial charge is 0.148 e. The highest BCUT2D eigenvalue weighted by Gasteiger charge is 2.41. The first-order chi connectivity index (χ1) is 13.6. The van der Waals surface area contributed by atoms with Gasteiger partial charge in [0.2, 0.25) is 0 Å². The van der Waals surface area contributed by atoms with Crippen LogP contribution in [-0.2, 0) is 5.41 Å². The molecule has 1 saturated carbocycles. The number of aromatic nitrogens is 3. The van der Waals surface area contributed by atoms with Gasteiger partial charge in [-0.25, -0.2) is 4.39 Å². The molecule has 0 radical (unpaired) electrons. The van der Waals surface area contributed by atoms with Gasteiger partial charge in [0.05, 0.1) is 11.4 Å². The molecule has 2 heterocycles. The maximum absolute atomic E-state index is 14.2. The number of hydrogen-bond donors (Lipinski definition) is 3. The Labute approximate surface area is 162 Å². The third kappa shape index (κ3) is 3.43. The predicted molar refractivity (Wildman–Crippen MR) is 107 cm³/mol. The summed E-state index contributed by atoms with van der Waals surface area (Å²) in [6.45, 7) is 0.564. The van der Waals surface area contributed by atoms with Crippen molar-refractivity contribution in [1.82, 2.24) is 15.2 Å². The number of halogens is 1. The van der Waals surface area contributed by atoms with E-state index in [1.165, 1.54) is 6.07 Å². The molecule has 28 heavy (non-hydrogen) atoms. The van der Waals surface area contributed by atoms with E-state index >= 15 is 0 Å². The van der Waals surface area contributed by atoms with Gasteiger partial charge in [0, 0.05) is 29.3 Å². The van der Waals surface area contributed by atoms with Crippen molar-refractivity contribution in [1.29, 1.82) is 5.41 Å². The van der Waals surface area contributed by atoms with Gasteiger partial charge in [-0.2, -0.15) is 0 Å². The van der Waals surface area contributed by atoms with Gasteiger partial charge in [0.25, 0.3) is 0 Å². The second kappa shape index (κ2) is 7.34. The summed E-state index contributed by atoms with van der Waals surface area (Å²) in [5.41, 5.74) is 7.97. The molecule has 7 heteroatoms. The molecule has 2 aromatic heterocycles. The van der Waals surface area contributed by atoms with E-state index in [4.69, 9.17) is 11.1 Å². The first-order valence-electron chi connectivity index (χ1n) is 9.21. The fourth-order valence-corrected chi connectivity index (χ4v) is 3.56. The number of nitrogens with two attached hydrogens (primary N) is 1. The Morgan fingerprint density at radius 1 is 1.14 bits per heavy atom. The van der Waals surface area contributed by atoms with Crippen molar-refractivity contribution in [3.05, 3.63) is 71.8 Å². The summed E-state index contributed by atoms with van der Waals surface area (Å²) in [5, 5.41) is 19.4. The number of anilines is 1. The average molecular weight is 376 g/mol. The molecular formula is C21H21FN6. The number of nitrogen functional groups attached to an aromatic ring is 1. The summed E-state index contributed by atoms with van der Waals surface area (Å²) in [6, 6.07) is 14.1. The number of hydrogen-bond acceptors (Lipinski definition) is 5. The predicted octanol–water partition coefficient (Wildman–Crippen LogP) is 3.50. The minimum absolute atomic E-state index is 0.0145. The molecule has 0 saturated heterocycles. The lowest BCUT2D eigenvalue weighted by Gasteiger charge is -2.41. The molecular weight excluding hydrogens is 355 g/mol. The molecule has 1 aliphatic rings. The van der Waals surface area contributed by atoms with Crippen molar-refractivity contribution in [2.24, 2.45) is 5.73 Å². The molecule has 0 spiro atoms. The number of amidine groups is 1. The summed E-state index contributed by atoms with van der Waals surface area (Å²) < 4.78 is 14.2. The van der Waals surface area contributed by atoms with Gasteiger partial charge in [-0.15, -0.1) is 10.2 Å². The van der Waals surface area contributed by atoms with E-state index in [-0.39, 0.29) is 17.1 Å². The monoisotopic (exact) mass is 376 g/mol. The number of benzene rings is 1. The number of nitrogens with one attached hydrogen (secondary N) is 2. The molecule has 3 aromatic rings. The molecule has 0 atom stereocenters. The van der Waals surface area contributed by atoms with Crippen molar-refractivity contribution in [2.75, 3.05) is 11.9 Å². The van der Waals surface area contributed by atoms with Crippen LogP contribution in [0.15, 0.2) is 54.7 Å². The number of nitrogens with zero attached hydrogens (tertiary/aromatic N) is 3. The van der Waals surface area contributed by atoms with Crippen LogP contribution in [0.4, 0.5) is 10.2 Å². The van der Waals surface area contributed by atoms with E-state index in [9.17, 15) is 4.39 Å². The molecule has 0 bridgehead atoms. The van der Waals surface area contributed by atoms with Crippen molar-refractivity contribution in [3.63, 3.8) is 0 Å². The van der Waals surface area contributed by atoms with Crippen LogP contribution in [-0.4, -0.2) is 27.6 Å². The standard InChI is InChI=1S/C21H21FN6/c22-16-6-2-11-25-19(16)21(9-3-10-21)13-26-18-8-7-17(27-28-18)14-4-1-5-15(12-14)20(23)24/h1-2,4-8,11-12H,3,9-10,13H2,(H3,23,24)(H,26,28). The van der Waals surface area contributed by atoms with Gasteiger partial charge in [-0.1, -0.05) is 24.6 Å². The van der Waals surface area contributed by atoms with Crippen molar-refractivity contribution >= 4 is 11.7 Å². The minimum atomic E-state index is -0.290. The lowest BCUT2D eigenvalue weighted by molar-refractivity contribution is 0.243. The fourth-order valence-electron chi connectivity index (χ4n) is 3.56. The van der Waals surface area contributed by atoms with E-state index in [0.717, 1.165) is 24.8 Å². The normalized spacial score (nSPS) is 14.9. The molecule has 4 N–H and O–H groups in total.